The molecule has 0 aliphatic carbocycles. The summed E-state index contributed by atoms with van der Waals surface area (Å²) in [6.07, 6.45) is 5.31. The smallest absolute Gasteiger partial charge is 0.407 e. The number of ether oxygens (including phenoxy) is 1. The zero-order valence-electron chi connectivity index (χ0n) is 14.5. The van der Waals surface area contributed by atoms with Gasteiger partial charge in [-0.3, -0.25) is 0 Å². The number of rotatable bonds is 8. The van der Waals surface area contributed by atoms with Crippen LogP contribution in [-0.4, -0.2) is 33.8 Å². The molecule has 0 saturated carbocycles. The maximum atomic E-state index is 11.8. The number of aryl methyl sites for hydroxylation is 1. The first-order chi connectivity index (χ1) is 10.4. The molecule has 1 heterocycles. The van der Waals surface area contributed by atoms with Gasteiger partial charge in [0.25, 0.3) is 0 Å². The predicted octanol–water partition coefficient (Wildman–Crippen LogP) is 2.69. The van der Waals surface area contributed by atoms with Crippen LogP contribution in [-0.2, 0) is 17.8 Å². The molecule has 0 saturated heterocycles. The van der Waals surface area contributed by atoms with E-state index in [9.17, 15) is 4.79 Å². The fourth-order valence-corrected chi connectivity index (χ4v) is 2.08. The summed E-state index contributed by atoms with van der Waals surface area (Å²) in [6.45, 7) is 12.2. The Hall–Kier alpha value is -1.56. The van der Waals surface area contributed by atoms with Crippen LogP contribution in [0.4, 0.5) is 4.79 Å². The summed E-state index contributed by atoms with van der Waals surface area (Å²) in [5, 5.41) is 6.27. The second kappa shape index (κ2) is 8.78. The van der Waals surface area contributed by atoms with Crippen molar-refractivity contribution in [1.29, 1.82) is 0 Å². The van der Waals surface area contributed by atoms with Crippen LogP contribution in [0.15, 0.2) is 12.5 Å². The van der Waals surface area contributed by atoms with Crippen LogP contribution in [0.3, 0.4) is 0 Å². The van der Waals surface area contributed by atoms with Gasteiger partial charge >= 0.3 is 6.09 Å². The van der Waals surface area contributed by atoms with Gasteiger partial charge < -0.3 is 19.9 Å². The zero-order chi connectivity index (χ0) is 16.6. The fraction of sp³-hybridized carbons (Fsp3) is 0.750. The van der Waals surface area contributed by atoms with Crippen molar-refractivity contribution in [3.8, 4) is 0 Å². The van der Waals surface area contributed by atoms with E-state index < -0.39 is 5.60 Å². The molecule has 0 aromatic carbocycles. The number of aromatic nitrogens is 2. The number of amides is 1. The van der Waals surface area contributed by atoms with E-state index in [1.165, 1.54) is 0 Å². The lowest BCUT2D eigenvalue weighted by Gasteiger charge is -2.23. The highest BCUT2D eigenvalue weighted by Crippen LogP contribution is 2.07. The van der Waals surface area contributed by atoms with Crippen LogP contribution in [0.25, 0.3) is 0 Å². The van der Waals surface area contributed by atoms with Crippen molar-refractivity contribution >= 4 is 6.09 Å². The molecule has 1 aromatic rings. The van der Waals surface area contributed by atoms with Crippen LogP contribution in [0.2, 0.25) is 0 Å². The molecule has 0 aliphatic rings. The first kappa shape index (κ1) is 18.5. The number of imidazole rings is 1. The molecular formula is C16H30N4O2. The lowest BCUT2D eigenvalue weighted by Crippen LogP contribution is -2.43. The van der Waals surface area contributed by atoms with E-state index in [0.29, 0.717) is 6.54 Å². The van der Waals surface area contributed by atoms with Crippen molar-refractivity contribution < 1.29 is 9.53 Å². The highest BCUT2D eigenvalue weighted by atomic mass is 16.6. The van der Waals surface area contributed by atoms with E-state index in [1.54, 1.807) is 0 Å². The molecule has 0 fully saturated rings. The van der Waals surface area contributed by atoms with E-state index in [0.717, 1.165) is 31.6 Å². The minimum Gasteiger partial charge on any atom is -0.444 e. The van der Waals surface area contributed by atoms with Gasteiger partial charge in [0.1, 0.15) is 5.60 Å². The van der Waals surface area contributed by atoms with Gasteiger partial charge in [-0.05, 0) is 33.6 Å². The largest absolute Gasteiger partial charge is 0.444 e. The Kier molecular flexibility index (Phi) is 7.38. The van der Waals surface area contributed by atoms with Crippen molar-refractivity contribution in [2.45, 2.75) is 72.2 Å². The third kappa shape index (κ3) is 6.93. The summed E-state index contributed by atoms with van der Waals surface area (Å²) in [7, 11) is 0. The standard InChI is InChI=1S/C16H30N4O2/c1-6-8-20-12-18-11-14(20)10-17-9-13(7-2)19-15(21)22-16(3,4)5/h11-13,17H,6-10H2,1-5H3,(H,19,21). The molecule has 0 aliphatic heterocycles. The quantitative estimate of drug-likeness (QED) is 0.774. The average Bonchev–Trinajstić information content (AvgIpc) is 2.83. The number of carbonyl (C=O) groups is 1. The van der Waals surface area contributed by atoms with Crippen molar-refractivity contribution in [3.63, 3.8) is 0 Å². The Morgan fingerprint density at radius 3 is 2.73 bits per heavy atom. The molecule has 6 nitrogen and oxygen atoms in total. The number of nitrogens with one attached hydrogen (secondary N) is 2. The lowest BCUT2D eigenvalue weighted by atomic mass is 10.2. The van der Waals surface area contributed by atoms with E-state index in [1.807, 2.05) is 40.2 Å². The molecule has 126 valence electrons. The zero-order valence-corrected chi connectivity index (χ0v) is 14.5. The van der Waals surface area contributed by atoms with Crippen LogP contribution in [0, 0.1) is 0 Å². The summed E-state index contributed by atoms with van der Waals surface area (Å²) >= 11 is 0. The minimum atomic E-state index is -0.470. The molecule has 1 unspecified atom stereocenters. The number of nitrogens with zero attached hydrogens (tertiary/aromatic N) is 2. The summed E-state index contributed by atoms with van der Waals surface area (Å²) in [6, 6.07) is 0.0531. The average molecular weight is 310 g/mol. The fourth-order valence-electron chi connectivity index (χ4n) is 2.08. The minimum absolute atomic E-state index is 0.0531. The normalized spacial score (nSPS) is 13.0. The van der Waals surface area contributed by atoms with Gasteiger partial charge in [0.15, 0.2) is 0 Å². The predicted molar refractivity (Wildman–Crippen MR) is 87.7 cm³/mol. The summed E-state index contributed by atoms with van der Waals surface area (Å²) < 4.78 is 7.43. The molecule has 0 radical (unpaired) electrons. The Labute approximate surface area is 133 Å². The molecule has 6 heteroatoms. The Bertz CT molecular complexity index is 451. The van der Waals surface area contributed by atoms with Crippen LogP contribution < -0.4 is 10.6 Å². The number of hydrogen-bond donors (Lipinski definition) is 2. The maximum absolute atomic E-state index is 11.8. The molecule has 1 amide bonds. The van der Waals surface area contributed by atoms with Crippen molar-refractivity contribution in [1.82, 2.24) is 20.2 Å². The maximum Gasteiger partial charge on any atom is 0.407 e. The summed E-state index contributed by atoms with van der Waals surface area (Å²) in [5.41, 5.74) is 0.691. The monoisotopic (exact) mass is 310 g/mol. The molecule has 0 spiro atoms. The van der Waals surface area contributed by atoms with Crippen LogP contribution >= 0.6 is 0 Å². The molecule has 1 rings (SSSR count). The van der Waals surface area contributed by atoms with Gasteiger partial charge in [-0.1, -0.05) is 13.8 Å². The SMILES string of the molecule is CCCn1cncc1CNCC(CC)NC(=O)OC(C)(C)C. The molecule has 1 aromatic heterocycles. The third-order valence-electron chi connectivity index (χ3n) is 3.17. The topological polar surface area (TPSA) is 68.2 Å². The van der Waals surface area contributed by atoms with E-state index >= 15 is 0 Å². The first-order valence-corrected chi connectivity index (χ1v) is 8.05. The van der Waals surface area contributed by atoms with Crippen molar-refractivity contribution in [2.75, 3.05) is 6.54 Å². The molecular weight excluding hydrogens is 280 g/mol. The lowest BCUT2D eigenvalue weighted by molar-refractivity contribution is 0.0502. The van der Waals surface area contributed by atoms with Gasteiger partial charge in [0.05, 0.1) is 12.0 Å². The Morgan fingerprint density at radius 2 is 2.14 bits per heavy atom. The van der Waals surface area contributed by atoms with Gasteiger partial charge in [-0.2, -0.15) is 0 Å². The van der Waals surface area contributed by atoms with Crippen molar-refractivity contribution in [3.05, 3.63) is 18.2 Å². The number of carbonyl (C=O) groups excluding carboxylic acids is 1. The molecule has 2 N–H and O–H groups in total. The third-order valence-corrected chi connectivity index (χ3v) is 3.17. The number of hydrogen-bond acceptors (Lipinski definition) is 4. The molecule has 1 atom stereocenters. The Morgan fingerprint density at radius 1 is 1.41 bits per heavy atom. The highest BCUT2D eigenvalue weighted by molar-refractivity contribution is 5.68. The van der Waals surface area contributed by atoms with Gasteiger partial charge in [0, 0.05) is 31.9 Å². The van der Waals surface area contributed by atoms with Gasteiger partial charge in [-0.15, -0.1) is 0 Å². The van der Waals surface area contributed by atoms with E-state index in [4.69, 9.17) is 4.74 Å². The summed E-state index contributed by atoms with van der Waals surface area (Å²) in [5.74, 6) is 0. The second-order valence-electron chi connectivity index (χ2n) is 6.46. The van der Waals surface area contributed by atoms with Gasteiger partial charge in [0.2, 0.25) is 0 Å². The number of alkyl carbamates (subject to hydrolysis) is 1. The first-order valence-electron chi connectivity index (χ1n) is 8.05. The Balaban J connectivity index is 2.37. The van der Waals surface area contributed by atoms with E-state index in [2.05, 4.69) is 27.1 Å². The molecule has 22 heavy (non-hydrogen) atoms. The highest BCUT2D eigenvalue weighted by Gasteiger charge is 2.18. The van der Waals surface area contributed by atoms with Gasteiger partial charge in [-0.25, -0.2) is 9.78 Å². The van der Waals surface area contributed by atoms with Crippen molar-refractivity contribution in [2.24, 2.45) is 0 Å². The summed E-state index contributed by atoms with van der Waals surface area (Å²) in [4.78, 5) is 16.0. The van der Waals surface area contributed by atoms with Crippen LogP contribution in [0.5, 0.6) is 0 Å². The van der Waals surface area contributed by atoms with Crippen LogP contribution in [0.1, 0.15) is 53.2 Å². The second-order valence-corrected chi connectivity index (χ2v) is 6.46. The molecule has 0 bridgehead atoms. The van der Waals surface area contributed by atoms with E-state index in [-0.39, 0.29) is 12.1 Å².